The molecule has 0 rings (SSSR count). The molecule has 0 spiro atoms. The SMILES string of the molecule is O=C(O)C(OF)(OF)C(OF)(OF)OF. The van der Waals surface area contributed by atoms with Crippen molar-refractivity contribution in [2.75, 3.05) is 0 Å². The monoisotopic (exact) mass is 244 g/mol. The predicted octanol–water partition coefficient (Wildman–Crippen LogP) is 0.927. The molecule has 0 aliphatic heterocycles. The molecule has 0 amide bonds. The molecule has 12 heteroatoms. The van der Waals surface area contributed by atoms with Crippen LogP contribution in [-0.2, 0) is 29.5 Å². The van der Waals surface area contributed by atoms with Crippen molar-refractivity contribution < 1.29 is 57.2 Å². The lowest BCUT2D eigenvalue weighted by Crippen LogP contribution is -2.62. The van der Waals surface area contributed by atoms with Crippen molar-refractivity contribution in [1.82, 2.24) is 0 Å². The Morgan fingerprint density at radius 1 is 0.867 bits per heavy atom. The summed E-state index contributed by atoms with van der Waals surface area (Å²) in [4.78, 5) is 20.9. The lowest BCUT2D eigenvalue weighted by Gasteiger charge is -2.28. The second kappa shape index (κ2) is 5.13. The van der Waals surface area contributed by atoms with Gasteiger partial charge in [0.25, 0.3) is 0 Å². The molecule has 0 radical (unpaired) electrons. The van der Waals surface area contributed by atoms with E-state index >= 15 is 0 Å². The van der Waals surface area contributed by atoms with Crippen LogP contribution in [0.2, 0.25) is 0 Å². The Balaban J connectivity index is 5.44. The first kappa shape index (κ1) is 13.9. The minimum Gasteiger partial charge on any atom is -0.477 e. The van der Waals surface area contributed by atoms with Crippen LogP contribution in [0.1, 0.15) is 0 Å². The summed E-state index contributed by atoms with van der Waals surface area (Å²) in [5.74, 6) is -12.3. The zero-order valence-electron chi connectivity index (χ0n) is 6.29. The summed E-state index contributed by atoms with van der Waals surface area (Å²) in [6.45, 7) is 0. The van der Waals surface area contributed by atoms with Crippen molar-refractivity contribution in [3.05, 3.63) is 0 Å². The van der Waals surface area contributed by atoms with E-state index in [0.29, 0.717) is 0 Å². The van der Waals surface area contributed by atoms with Gasteiger partial charge in [-0.25, -0.2) is 4.79 Å². The predicted molar refractivity (Wildman–Crippen MR) is 24.1 cm³/mol. The third kappa shape index (κ3) is 1.84. The smallest absolute Gasteiger partial charge is 0.450 e. The molecule has 90 valence electrons. The van der Waals surface area contributed by atoms with Gasteiger partial charge in [0.15, 0.2) is 0 Å². The number of halogens is 5. The molecule has 0 bridgehead atoms. The fraction of sp³-hybridized carbons (Fsp3) is 0.667. The van der Waals surface area contributed by atoms with Gasteiger partial charge in [-0.2, -0.15) is 0 Å². The molecule has 0 fully saturated rings. The van der Waals surface area contributed by atoms with Gasteiger partial charge in [0, 0.05) is 0 Å². The maximum atomic E-state index is 11.6. The van der Waals surface area contributed by atoms with Gasteiger partial charge in [-0.1, -0.05) is 0 Å². The Morgan fingerprint density at radius 2 is 1.20 bits per heavy atom. The van der Waals surface area contributed by atoms with E-state index < -0.39 is 17.7 Å². The van der Waals surface area contributed by atoms with Gasteiger partial charge < -0.3 is 5.11 Å². The summed E-state index contributed by atoms with van der Waals surface area (Å²) in [6.07, 6.45) is 0. The van der Waals surface area contributed by atoms with Crippen LogP contribution in [0.3, 0.4) is 0 Å². The van der Waals surface area contributed by atoms with Crippen molar-refractivity contribution in [1.29, 1.82) is 0 Å². The quantitative estimate of drug-likeness (QED) is 0.526. The average molecular weight is 244 g/mol. The van der Waals surface area contributed by atoms with Crippen molar-refractivity contribution in [2.45, 2.75) is 11.8 Å². The van der Waals surface area contributed by atoms with Gasteiger partial charge in [-0.05, 0) is 22.6 Å². The molecule has 0 heterocycles. The number of aliphatic carboxylic acids is 1. The van der Waals surface area contributed by atoms with E-state index in [-0.39, 0.29) is 0 Å². The van der Waals surface area contributed by atoms with Crippen LogP contribution < -0.4 is 0 Å². The van der Waals surface area contributed by atoms with Crippen molar-refractivity contribution in [2.24, 2.45) is 0 Å². The summed E-state index contributed by atoms with van der Waals surface area (Å²) in [7, 11) is 0. The Labute approximate surface area is 76.3 Å². The highest BCUT2D eigenvalue weighted by atomic mass is 19.3. The first-order chi connectivity index (χ1) is 7.00. The third-order valence-electron chi connectivity index (χ3n) is 1.21. The highest BCUT2D eigenvalue weighted by Gasteiger charge is 2.72. The number of carbonyl (C=O) groups is 1. The van der Waals surface area contributed by atoms with Crippen molar-refractivity contribution in [3.63, 3.8) is 0 Å². The Bertz CT molecular complexity index is 206. The summed E-state index contributed by atoms with van der Waals surface area (Å²) in [5.41, 5.74) is 0. The van der Waals surface area contributed by atoms with E-state index in [1.165, 1.54) is 0 Å². The minimum atomic E-state index is -4.73. The lowest BCUT2D eigenvalue weighted by molar-refractivity contribution is -0.629. The molecule has 15 heavy (non-hydrogen) atoms. The molecule has 0 saturated carbocycles. The topological polar surface area (TPSA) is 83.5 Å². The second-order valence-corrected chi connectivity index (χ2v) is 1.86. The maximum absolute atomic E-state index is 11.6. The molecule has 7 nitrogen and oxygen atoms in total. The number of carboxylic acids is 1. The van der Waals surface area contributed by atoms with Crippen LogP contribution in [0.5, 0.6) is 0 Å². The Morgan fingerprint density at radius 3 is 1.27 bits per heavy atom. The Hall–Kier alpha value is -1.08. The van der Waals surface area contributed by atoms with E-state index in [9.17, 15) is 27.4 Å². The van der Waals surface area contributed by atoms with Gasteiger partial charge in [0.1, 0.15) is 0 Å². The fourth-order valence-corrected chi connectivity index (χ4v) is 0.491. The molecule has 0 aromatic carbocycles. The summed E-state index contributed by atoms with van der Waals surface area (Å²) in [5, 5.41) is 8.08. The first-order valence-electron chi connectivity index (χ1n) is 2.72. The van der Waals surface area contributed by atoms with E-state index in [2.05, 4.69) is 24.7 Å². The molecular weight excluding hydrogens is 243 g/mol. The van der Waals surface area contributed by atoms with E-state index in [0.717, 1.165) is 0 Å². The molecule has 0 aliphatic carbocycles. The average Bonchev–Trinajstić information content (AvgIpc) is 2.26. The van der Waals surface area contributed by atoms with Crippen LogP contribution in [0.25, 0.3) is 0 Å². The van der Waals surface area contributed by atoms with E-state index in [1.54, 1.807) is 0 Å². The van der Waals surface area contributed by atoms with Crippen LogP contribution in [0.15, 0.2) is 0 Å². The fourth-order valence-electron chi connectivity index (χ4n) is 0.491. The van der Waals surface area contributed by atoms with Crippen LogP contribution in [0.4, 0.5) is 22.6 Å². The second-order valence-electron chi connectivity index (χ2n) is 1.86. The van der Waals surface area contributed by atoms with Crippen LogP contribution in [0, 0.1) is 0 Å². The van der Waals surface area contributed by atoms with Gasteiger partial charge in [0.05, 0.1) is 0 Å². The highest BCUT2D eigenvalue weighted by Crippen LogP contribution is 2.36. The van der Waals surface area contributed by atoms with E-state index in [1.807, 2.05) is 0 Å². The first-order valence-corrected chi connectivity index (χ1v) is 2.72. The molecule has 0 aromatic rings. The normalized spacial score (nSPS) is 12.9. The number of hydrogen-bond acceptors (Lipinski definition) is 6. The van der Waals surface area contributed by atoms with Gasteiger partial charge in [-0.15, -0.1) is 24.7 Å². The molecule has 0 unspecified atom stereocenters. The minimum absolute atomic E-state index is 2.14. The lowest BCUT2D eigenvalue weighted by atomic mass is 10.2. The molecule has 0 aromatic heterocycles. The van der Waals surface area contributed by atoms with Gasteiger partial charge in [0.2, 0.25) is 0 Å². The number of rotatable bonds is 7. The number of carboxylic acid groups (broad SMARTS) is 1. The van der Waals surface area contributed by atoms with E-state index in [4.69, 9.17) is 5.11 Å². The van der Waals surface area contributed by atoms with Crippen molar-refractivity contribution in [3.8, 4) is 0 Å². The summed E-state index contributed by atoms with van der Waals surface area (Å²) < 4.78 is 57.9. The van der Waals surface area contributed by atoms with Crippen LogP contribution in [-0.4, -0.2) is 22.8 Å². The standard InChI is InChI=1S/C3HF5O7/c4-11-2(12-5,1(9)10)3(13-6,14-7)15-8/h(H,9,10). The zero-order chi connectivity index (χ0) is 12.1. The molecule has 0 atom stereocenters. The number of hydrogen-bond donors (Lipinski definition) is 1. The summed E-state index contributed by atoms with van der Waals surface area (Å²) in [6, 6.07) is 0. The summed E-state index contributed by atoms with van der Waals surface area (Å²) >= 11 is 0. The highest BCUT2D eigenvalue weighted by molar-refractivity contribution is 5.76. The zero-order valence-corrected chi connectivity index (χ0v) is 6.29. The third-order valence-corrected chi connectivity index (χ3v) is 1.21. The molecule has 0 saturated heterocycles. The van der Waals surface area contributed by atoms with Crippen molar-refractivity contribution >= 4 is 5.97 Å². The molecule has 1 N–H and O–H groups in total. The maximum Gasteiger partial charge on any atom is 0.450 e. The van der Waals surface area contributed by atoms with Crippen LogP contribution >= 0.6 is 0 Å². The molecular formula is C3HF5O7. The van der Waals surface area contributed by atoms with Gasteiger partial charge in [-0.3, -0.25) is 0 Å². The molecule has 0 aliphatic rings. The largest absolute Gasteiger partial charge is 0.477 e. The van der Waals surface area contributed by atoms with Gasteiger partial charge >= 0.3 is 17.7 Å². The Kier molecular flexibility index (Phi) is 4.76.